The van der Waals surface area contributed by atoms with Gasteiger partial charge in [0.2, 0.25) is 0 Å². The maximum Gasteiger partial charge on any atom is 0.255 e. The lowest BCUT2D eigenvalue weighted by Gasteiger charge is -2.21. The van der Waals surface area contributed by atoms with Crippen molar-refractivity contribution in [2.45, 2.75) is 32.7 Å². The largest absolute Gasteiger partial charge is 0.336 e. The molecule has 1 saturated heterocycles. The van der Waals surface area contributed by atoms with Gasteiger partial charge in [-0.1, -0.05) is 0 Å². The van der Waals surface area contributed by atoms with Gasteiger partial charge in [0.05, 0.1) is 5.56 Å². The number of amides is 1. The minimum Gasteiger partial charge on any atom is -0.336 e. The third-order valence-electron chi connectivity index (χ3n) is 2.94. The fraction of sp³-hybridized carbons (Fsp3) is 0.500. The molecule has 1 aromatic heterocycles. The van der Waals surface area contributed by atoms with Crippen LogP contribution in [0.2, 0.25) is 0 Å². The number of pyridine rings is 1. The molecule has 1 aromatic rings. The second-order valence-corrected chi connectivity index (χ2v) is 4.24. The zero-order chi connectivity index (χ0) is 10.8. The smallest absolute Gasteiger partial charge is 0.255 e. The highest BCUT2D eigenvalue weighted by Crippen LogP contribution is 2.19. The van der Waals surface area contributed by atoms with Crippen LogP contribution < -0.4 is 0 Å². The number of carbonyl (C=O) groups is 1. The Balaban J connectivity index is 2.20. The van der Waals surface area contributed by atoms with Gasteiger partial charge in [-0.25, -0.2) is 0 Å². The van der Waals surface area contributed by atoms with Crippen molar-refractivity contribution >= 4 is 5.91 Å². The zero-order valence-electron chi connectivity index (χ0n) is 9.23. The molecule has 0 saturated carbocycles. The second kappa shape index (κ2) is 4.01. The molecule has 0 aliphatic carbocycles. The second-order valence-electron chi connectivity index (χ2n) is 4.24. The summed E-state index contributed by atoms with van der Waals surface area (Å²) in [5.41, 5.74) is 1.75. The average Bonchev–Trinajstić information content (AvgIpc) is 2.63. The van der Waals surface area contributed by atoms with E-state index in [1.165, 1.54) is 0 Å². The minimum atomic E-state index is 0.121. The molecule has 3 heteroatoms. The normalized spacial score (nSPS) is 20.7. The SMILES string of the molecule is Cc1cncc(C(=O)N2CCC[C@@H]2C)c1. The van der Waals surface area contributed by atoms with Gasteiger partial charge in [0.25, 0.3) is 5.91 Å². The molecule has 15 heavy (non-hydrogen) atoms. The van der Waals surface area contributed by atoms with Gasteiger partial charge in [-0.2, -0.15) is 0 Å². The summed E-state index contributed by atoms with van der Waals surface area (Å²) in [4.78, 5) is 18.1. The maximum absolute atomic E-state index is 12.1. The third kappa shape index (κ3) is 2.01. The fourth-order valence-corrected chi connectivity index (χ4v) is 2.07. The fourth-order valence-electron chi connectivity index (χ4n) is 2.07. The highest BCUT2D eigenvalue weighted by atomic mass is 16.2. The molecule has 0 aromatic carbocycles. The van der Waals surface area contributed by atoms with Gasteiger partial charge in [0.15, 0.2) is 0 Å². The molecule has 0 unspecified atom stereocenters. The lowest BCUT2D eigenvalue weighted by Crippen LogP contribution is -2.33. The molecule has 0 spiro atoms. The van der Waals surface area contributed by atoms with E-state index in [1.54, 1.807) is 12.4 Å². The molecule has 1 aliphatic rings. The van der Waals surface area contributed by atoms with Crippen molar-refractivity contribution in [1.82, 2.24) is 9.88 Å². The summed E-state index contributed by atoms with van der Waals surface area (Å²) in [5, 5.41) is 0. The molecule has 1 aliphatic heterocycles. The van der Waals surface area contributed by atoms with Crippen LogP contribution in [-0.2, 0) is 0 Å². The number of hydrogen-bond acceptors (Lipinski definition) is 2. The van der Waals surface area contributed by atoms with E-state index in [2.05, 4.69) is 11.9 Å². The van der Waals surface area contributed by atoms with Crippen LogP contribution >= 0.6 is 0 Å². The summed E-state index contributed by atoms with van der Waals surface area (Å²) >= 11 is 0. The molecule has 0 N–H and O–H groups in total. The summed E-state index contributed by atoms with van der Waals surface area (Å²) in [6.07, 6.45) is 5.65. The van der Waals surface area contributed by atoms with E-state index >= 15 is 0 Å². The Hall–Kier alpha value is -1.38. The Kier molecular flexibility index (Phi) is 2.71. The Bertz CT molecular complexity index is 376. The first-order valence-electron chi connectivity index (χ1n) is 5.41. The topological polar surface area (TPSA) is 33.2 Å². The van der Waals surface area contributed by atoms with E-state index in [1.807, 2.05) is 17.9 Å². The van der Waals surface area contributed by atoms with Crippen LogP contribution in [0, 0.1) is 6.92 Å². The molecule has 1 amide bonds. The van der Waals surface area contributed by atoms with E-state index < -0.39 is 0 Å². The van der Waals surface area contributed by atoms with Crippen molar-refractivity contribution in [3.05, 3.63) is 29.6 Å². The summed E-state index contributed by atoms with van der Waals surface area (Å²) in [6, 6.07) is 2.28. The van der Waals surface area contributed by atoms with Gasteiger partial charge in [-0.05, 0) is 38.3 Å². The van der Waals surface area contributed by atoms with Crippen LogP contribution in [-0.4, -0.2) is 28.4 Å². The number of aryl methyl sites for hydroxylation is 1. The van der Waals surface area contributed by atoms with E-state index in [-0.39, 0.29) is 5.91 Å². The molecular formula is C12H16N2O. The van der Waals surface area contributed by atoms with Gasteiger partial charge < -0.3 is 4.90 Å². The summed E-state index contributed by atoms with van der Waals surface area (Å²) < 4.78 is 0. The van der Waals surface area contributed by atoms with E-state index in [4.69, 9.17) is 0 Å². The zero-order valence-corrected chi connectivity index (χ0v) is 9.23. The predicted octanol–water partition coefficient (Wildman–Crippen LogP) is 2.01. The van der Waals surface area contributed by atoms with Crippen molar-refractivity contribution in [3.63, 3.8) is 0 Å². The summed E-state index contributed by atoms with van der Waals surface area (Å²) in [5.74, 6) is 0.121. The summed E-state index contributed by atoms with van der Waals surface area (Å²) in [7, 11) is 0. The van der Waals surface area contributed by atoms with Crippen molar-refractivity contribution in [1.29, 1.82) is 0 Å². The van der Waals surface area contributed by atoms with Gasteiger partial charge in [-0.15, -0.1) is 0 Å². The molecule has 2 heterocycles. The quantitative estimate of drug-likeness (QED) is 0.701. The Morgan fingerprint density at radius 1 is 1.53 bits per heavy atom. The van der Waals surface area contributed by atoms with Crippen molar-refractivity contribution < 1.29 is 4.79 Å². The minimum absolute atomic E-state index is 0.121. The molecule has 3 nitrogen and oxygen atoms in total. The van der Waals surface area contributed by atoms with Crippen LogP contribution in [0.25, 0.3) is 0 Å². The Morgan fingerprint density at radius 2 is 2.33 bits per heavy atom. The van der Waals surface area contributed by atoms with Crippen LogP contribution in [0.15, 0.2) is 18.5 Å². The van der Waals surface area contributed by atoms with Gasteiger partial charge in [0, 0.05) is 25.0 Å². The molecule has 1 fully saturated rings. The monoisotopic (exact) mass is 204 g/mol. The number of likely N-dealkylation sites (tertiary alicyclic amines) is 1. The number of aromatic nitrogens is 1. The molecule has 80 valence electrons. The van der Waals surface area contributed by atoms with Crippen molar-refractivity contribution in [2.24, 2.45) is 0 Å². The lowest BCUT2D eigenvalue weighted by atomic mass is 10.2. The number of rotatable bonds is 1. The van der Waals surface area contributed by atoms with Gasteiger partial charge >= 0.3 is 0 Å². The third-order valence-corrected chi connectivity index (χ3v) is 2.94. The number of carbonyl (C=O) groups excluding carboxylic acids is 1. The van der Waals surface area contributed by atoms with Crippen molar-refractivity contribution in [3.8, 4) is 0 Å². The molecule has 0 bridgehead atoms. The van der Waals surface area contributed by atoms with E-state index in [0.717, 1.165) is 24.9 Å². The van der Waals surface area contributed by atoms with Crippen molar-refractivity contribution in [2.75, 3.05) is 6.54 Å². The number of hydrogen-bond donors (Lipinski definition) is 0. The number of nitrogens with zero attached hydrogens (tertiary/aromatic N) is 2. The molecule has 2 rings (SSSR count). The Morgan fingerprint density at radius 3 is 2.93 bits per heavy atom. The molecule has 1 atom stereocenters. The standard InChI is InChI=1S/C12H16N2O/c1-9-6-11(8-13-7-9)12(15)14-5-3-4-10(14)2/h6-8,10H,3-5H2,1-2H3/t10-/m0/s1. The highest BCUT2D eigenvalue weighted by Gasteiger charge is 2.25. The first-order valence-corrected chi connectivity index (χ1v) is 5.41. The maximum atomic E-state index is 12.1. The summed E-state index contributed by atoms with van der Waals surface area (Å²) in [6.45, 7) is 4.94. The highest BCUT2D eigenvalue weighted by molar-refractivity contribution is 5.94. The van der Waals surface area contributed by atoms with Gasteiger partial charge in [-0.3, -0.25) is 9.78 Å². The van der Waals surface area contributed by atoms with E-state index in [9.17, 15) is 4.79 Å². The van der Waals surface area contributed by atoms with Crippen LogP contribution in [0.1, 0.15) is 35.7 Å². The lowest BCUT2D eigenvalue weighted by molar-refractivity contribution is 0.0747. The first kappa shape index (κ1) is 10.1. The first-order chi connectivity index (χ1) is 7.18. The molecule has 0 radical (unpaired) electrons. The van der Waals surface area contributed by atoms with Crippen LogP contribution in [0.3, 0.4) is 0 Å². The average molecular weight is 204 g/mol. The van der Waals surface area contributed by atoms with Gasteiger partial charge in [0.1, 0.15) is 0 Å². The Labute approximate surface area is 90.1 Å². The van der Waals surface area contributed by atoms with E-state index in [0.29, 0.717) is 11.6 Å². The predicted molar refractivity (Wildman–Crippen MR) is 58.7 cm³/mol. The molecular weight excluding hydrogens is 188 g/mol. The van der Waals surface area contributed by atoms with Crippen LogP contribution in [0.5, 0.6) is 0 Å². The van der Waals surface area contributed by atoms with Crippen LogP contribution in [0.4, 0.5) is 0 Å².